The molecule has 98 valence electrons. The van der Waals surface area contributed by atoms with Crippen LogP contribution in [-0.4, -0.2) is 36.4 Å². The molecule has 0 aliphatic heterocycles. The van der Waals surface area contributed by atoms with E-state index in [1.165, 1.54) is 12.6 Å². The zero-order valence-electron chi connectivity index (χ0n) is 10.9. The van der Waals surface area contributed by atoms with Gasteiger partial charge in [0.15, 0.2) is 0 Å². The summed E-state index contributed by atoms with van der Waals surface area (Å²) < 4.78 is 0. The SMILES string of the molecule is CNc1cc(C(=O)N(C)CC2CC2C)c(Cl)cn1. The number of nitrogens with zero attached hydrogens (tertiary/aromatic N) is 2. The molecule has 1 fully saturated rings. The molecule has 2 atom stereocenters. The van der Waals surface area contributed by atoms with Crippen LogP contribution in [0.5, 0.6) is 0 Å². The van der Waals surface area contributed by atoms with E-state index in [-0.39, 0.29) is 5.91 Å². The molecule has 0 bridgehead atoms. The van der Waals surface area contributed by atoms with Crippen molar-refractivity contribution < 1.29 is 4.79 Å². The molecular weight excluding hydrogens is 250 g/mol. The van der Waals surface area contributed by atoms with Crippen LogP contribution in [0, 0.1) is 11.8 Å². The predicted octanol–water partition coefficient (Wildman–Crippen LogP) is 2.50. The maximum Gasteiger partial charge on any atom is 0.255 e. The summed E-state index contributed by atoms with van der Waals surface area (Å²) in [5.74, 6) is 1.98. The Bertz CT molecular complexity index is 464. The number of aromatic nitrogens is 1. The Kier molecular flexibility index (Phi) is 3.76. The van der Waals surface area contributed by atoms with Gasteiger partial charge in [-0.15, -0.1) is 0 Å². The molecule has 5 heteroatoms. The molecule has 1 aliphatic carbocycles. The molecule has 1 aromatic rings. The van der Waals surface area contributed by atoms with Crippen LogP contribution < -0.4 is 5.32 Å². The summed E-state index contributed by atoms with van der Waals surface area (Å²) in [7, 11) is 3.59. The van der Waals surface area contributed by atoms with Crippen LogP contribution in [0.1, 0.15) is 23.7 Å². The van der Waals surface area contributed by atoms with Crippen LogP contribution in [0.25, 0.3) is 0 Å². The Hall–Kier alpha value is -1.29. The Morgan fingerprint density at radius 1 is 1.67 bits per heavy atom. The number of carbonyl (C=O) groups is 1. The van der Waals surface area contributed by atoms with Gasteiger partial charge in [0.05, 0.1) is 10.6 Å². The molecule has 0 radical (unpaired) electrons. The van der Waals surface area contributed by atoms with Crippen molar-refractivity contribution in [1.82, 2.24) is 9.88 Å². The fourth-order valence-electron chi connectivity index (χ4n) is 2.03. The van der Waals surface area contributed by atoms with E-state index in [0.717, 1.165) is 12.5 Å². The van der Waals surface area contributed by atoms with Crippen molar-refractivity contribution in [3.8, 4) is 0 Å². The summed E-state index contributed by atoms with van der Waals surface area (Å²) in [4.78, 5) is 18.1. The zero-order chi connectivity index (χ0) is 13.3. The van der Waals surface area contributed by atoms with E-state index in [0.29, 0.717) is 22.3 Å². The molecule has 4 nitrogen and oxygen atoms in total. The van der Waals surface area contributed by atoms with Gasteiger partial charge < -0.3 is 10.2 Å². The smallest absolute Gasteiger partial charge is 0.255 e. The van der Waals surface area contributed by atoms with Crippen molar-refractivity contribution in [2.24, 2.45) is 11.8 Å². The summed E-state index contributed by atoms with van der Waals surface area (Å²) in [6, 6.07) is 1.69. The van der Waals surface area contributed by atoms with Gasteiger partial charge in [0, 0.05) is 26.8 Å². The van der Waals surface area contributed by atoms with E-state index in [2.05, 4.69) is 17.2 Å². The molecule has 18 heavy (non-hydrogen) atoms. The molecule has 1 N–H and O–H groups in total. The van der Waals surface area contributed by atoms with E-state index in [1.807, 2.05) is 7.05 Å². The molecule has 1 aliphatic rings. The van der Waals surface area contributed by atoms with E-state index in [4.69, 9.17) is 11.6 Å². The molecule has 1 heterocycles. The van der Waals surface area contributed by atoms with Crippen molar-refractivity contribution >= 4 is 23.3 Å². The van der Waals surface area contributed by atoms with Crippen LogP contribution >= 0.6 is 11.6 Å². The van der Waals surface area contributed by atoms with Crippen LogP contribution in [-0.2, 0) is 0 Å². The minimum absolute atomic E-state index is 0.0435. The number of carbonyl (C=O) groups excluding carboxylic acids is 1. The summed E-state index contributed by atoms with van der Waals surface area (Å²) in [5, 5.41) is 3.31. The van der Waals surface area contributed by atoms with Crippen molar-refractivity contribution in [3.05, 3.63) is 22.8 Å². The molecule has 0 spiro atoms. The second-order valence-corrected chi connectivity index (χ2v) is 5.37. The largest absolute Gasteiger partial charge is 0.373 e. The minimum Gasteiger partial charge on any atom is -0.373 e. The van der Waals surface area contributed by atoms with Crippen LogP contribution in [0.2, 0.25) is 5.02 Å². The van der Waals surface area contributed by atoms with Crippen LogP contribution in [0.4, 0.5) is 5.82 Å². The maximum atomic E-state index is 12.3. The summed E-state index contributed by atoms with van der Waals surface area (Å²) in [6.07, 6.45) is 2.72. The first-order valence-corrected chi connectivity index (χ1v) is 6.49. The lowest BCUT2D eigenvalue weighted by atomic mass is 10.2. The molecule has 2 unspecified atom stereocenters. The Morgan fingerprint density at radius 3 is 2.89 bits per heavy atom. The monoisotopic (exact) mass is 267 g/mol. The van der Waals surface area contributed by atoms with Gasteiger partial charge in [-0.1, -0.05) is 18.5 Å². The number of halogens is 1. The first kappa shape index (κ1) is 13.1. The quantitative estimate of drug-likeness (QED) is 0.912. The van der Waals surface area contributed by atoms with Gasteiger partial charge in [-0.2, -0.15) is 0 Å². The Balaban J connectivity index is 2.11. The molecule has 1 amide bonds. The zero-order valence-corrected chi connectivity index (χ0v) is 11.7. The number of amides is 1. The lowest BCUT2D eigenvalue weighted by molar-refractivity contribution is 0.0787. The molecule has 0 saturated heterocycles. The fraction of sp³-hybridized carbons (Fsp3) is 0.538. The average Bonchev–Trinajstić information content (AvgIpc) is 3.04. The van der Waals surface area contributed by atoms with E-state index >= 15 is 0 Å². The van der Waals surface area contributed by atoms with Crippen molar-refractivity contribution in [1.29, 1.82) is 0 Å². The molecule has 1 saturated carbocycles. The highest BCUT2D eigenvalue weighted by Crippen LogP contribution is 2.38. The Labute approximate surface area is 112 Å². The summed E-state index contributed by atoms with van der Waals surface area (Å²) >= 11 is 6.04. The maximum absolute atomic E-state index is 12.3. The van der Waals surface area contributed by atoms with Crippen molar-refractivity contribution in [2.45, 2.75) is 13.3 Å². The number of hydrogen-bond donors (Lipinski definition) is 1. The lowest BCUT2D eigenvalue weighted by Gasteiger charge is -2.18. The number of anilines is 1. The van der Waals surface area contributed by atoms with E-state index in [1.54, 1.807) is 18.0 Å². The van der Waals surface area contributed by atoms with Crippen LogP contribution in [0.15, 0.2) is 12.3 Å². The van der Waals surface area contributed by atoms with Gasteiger partial charge >= 0.3 is 0 Å². The normalized spacial score (nSPS) is 21.6. The van der Waals surface area contributed by atoms with Gasteiger partial charge in [-0.05, 0) is 24.3 Å². The first-order valence-electron chi connectivity index (χ1n) is 6.11. The van der Waals surface area contributed by atoms with Gasteiger partial charge in [0.1, 0.15) is 5.82 Å². The fourth-order valence-corrected chi connectivity index (χ4v) is 2.22. The predicted molar refractivity (Wildman–Crippen MR) is 73.0 cm³/mol. The van der Waals surface area contributed by atoms with Crippen molar-refractivity contribution in [3.63, 3.8) is 0 Å². The van der Waals surface area contributed by atoms with Crippen LogP contribution in [0.3, 0.4) is 0 Å². The second kappa shape index (κ2) is 5.14. The standard InChI is InChI=1S/C13H18ClN3O/c1-8-4-9(8)7-17(3)13(18)10-5-12(15-2)16-6-11(10)14/h5-6,8-9H,4,7H2,1-3H3,(H,15,16). The van der Waals surface area contributed by atoms with Gasteiger partial charge in [0.25, 0.3) is 5.91 Å². The summed E-state index contributed by atoms with van der Waals surface area (Å²) in [6.45, 7) is 3.01. The highest BCUT2D eigenvalue weighted by molar-refractivity contribution is 6.33. The minimum atomic E-state index is -0.0435. The summed E-state index contributed by atoms with van der Waals surface area (Å²) in [5.41, 5.74) is 0.506. The molecular formula is C13H18ClN3O. The molecule has 1 aromatic heterocycles. The van der Waals surface area contributed by atoms with Gasteiger partial charge in [0.2, 0.25) is 0 Å². The number of nitrogens with one attached hydrogen (secondary N) is 1. The number of rotatable bonds is 4. The highest BCUT2D eigenvalue weighted by Gasteiger charge is 2.34. The Morgan fingerprint density at radius 2 is 2.33 bits per heavy atom. The van der Waals surface area contributed by atoms with Gasteiger partial charge in [-0.3, -0.25) is 4.79 Å². The number of hydrogen-bond acceptors (Lipinski definition) is 3. The highest BCUT2D eigenvalue weighted by atomic mass is 35.5. The van der Waals surface area contributed by atoms with Crippen molar-refractivity contribution in [2.75, 3.05) is 26.0 Å². The lowest BCUT2D eigenvalue weighted by Crippen LogP contribution is -2.29. The van der Waals surface area contributed by atoms with Gasteiger partial charge in [-0.25, -0.2) is 4.98 Å². The third kappa shape index (κ3) is 2.75. The first-order chi connectivity index (χ1) is 8.52. The average molecular weight is 268 g/mol. The van der Waals surface area contributed by atoms with E-state index < -0.39 is 0 Å². The molecule has 0 aromatic carbocycles. The third-order valence-electron chi connectivity index (χ3n) is 3.47. The second-order valence-electron chi connectivity index (χ2n) is 4.96. The van der Waals surface area contributed by atoms with E-state index in [9.17, 15) is 4.79 Å². The number of pyridine rings is 1. The molecule has 2 rings (SSSR count). The third-order valence-corrected chi connectivity index (χ3v) is 3.77. The topological polar surface area (TPSA) is 45.2 Å².